The van der Waals surface area contributed by atoms with Gasteiger partial charge in [0, 0.05) is 30.0 Å². The smallest absolute Gasteiger partial charge is 0.383 e. The van der Waals surface area contributed by atoms with Crippen LogP contribution >= 0.6 is 11.3 Å². The lowest BCUT2D eigenvalue weighted by Crippen LogP contribution is -2.45. The van der Waals surface area contributed by atoms with E-state index in [1.54, 1.807) is 16.2 Å². The van der Waals surface area contributed by atoms with E-state index < -0.39 is 17.8 Å². The minimum Gasteiger partial charge on any atom is -0.383 e. The number of hydrogen-bond acceptors (Lipinski definition) is 4. The molecule has 0 unspecified atom stereocenters. The lowest BCUT2D eigenvalue weighted by molar-refractivity contribution is -0.137. The molecule has 0 aliphatic rings. The summed E-state index contributed by atoms with van der Waals surface area (Å²) in [5.41, 5.74) is -0.415. The number of benzene rings is 2. The molecule has 1 heterocycles. The van der Waals surface area contributed by atoms with Crippen LogP contribution in [-0.4, -0.2) is 48.5 Å². The third kappa shape index (κ3) is 7.82. The summed E-state index contributed by atoms with van der Waals surface area (Å²) in [6.07, 6.45) is -4.64. The van der Waals surface area contributed by atoms with Crippen LogP contribution in [0.15, 0.2) is 66.7 Å². The van der Waals surface area contributed by atoms with Crippen LogP contribution in [0.2, 0.25) is 0 Å². The summed E-state index contributed by atoms with van der Waals surface area (Å²) < 4.78 is 45.2. The van der Waals surface area contributed by atoms with Crippen molar-refractivity contribution >= 4 is 29.0 Å². The van der Waals surface area contributed by atoms with Crippen molar-refractivity contribution in [1.29, 1.82) is 0 Å². The molecule has 3 rings (SSSR count). The van der Waals surface area contributed by atoms with Crippen molar-refractivity contribution in [3.8, 4) is 0 Å². The van der Waals surface area contributed by atoms with Crippen LogP contribution in [0.25, 0.3) is 0 Å². The number of hydrogen-bond donors (Lipinski definition) is 1. The van der Waals surface area contributed by atoms with Gasteiger partial charge in [-0.05, 0) is 36.8 Å². The van der Waals surface area contributed by atoms with Gasteiger partial charge in [-0.1, -0.05) is 42.5 Å². The molecule has 0 fully saturated rings. The zero-order chi connectivity index (χ0) is 26.1. The predicted octanol–water partition coefficient (Wildman–Crippen LogP) is 5.78. The molecule has 3 aromatic rings. The number of ether oxygens (including phenoxy) is 1. The number of nitrogens with zero attached hydrogens (tertiary/aromatic N) is 2. The maximum absolute atomic E-state index is 13.4. The molecular formula is C26H28F3N3O3S. The fourth-order valence-corrected chi connectivity index (χ4v) is 4.45. The van der Waals surface area contributed by atoms with E-state index in [0.717, 1.165) is 26.3 Å². The summed E-state index contributed by atoms with van der Waals surface area (Å²) in [6, 6.07) is 17.3. The first-order chi connectivity index (χ1) is 17.2. The minimum atomic E-state index is -4.64. The van der Waals surface area contributed by atoms with E-state index in [1.165, 1.54) is 25.3 Å². The Hall–Kier alpha value is -3.37. The molecule has 0 spiro atoms. The van der Waals surface area contributed by atoms with E-state index in [-0.39, 0.29) is 31.3 Å². The number of amides is 3. The van der Waals surface area contributed by atoms with E-state index in [4.69, 9.17) is 4.74 Å². The fraction of sp³-hybridized carbons (Fsp3) is 0.308. The Morgan fingerprint density at radius 1 is 0.944 bits per heavy atom. The molecule has 10 heteroatoms. The Labute approximate surface area is 212 Å². The van der Waals surface area contributed by atoms with Gasteiger partial charge in [0.05, 0.1) is 24.4 Å². The predicted molar refractivity (Wildman–Crippen MR) is 134 cm³/mol. The first-order valence-corrected chi connectivity index (χ1v) is 12.1. The number of para-hydroxylation sites is 1. The number of thiophene rings is 1. The highest BCUT2D eigenvalue weighted by Crippen LogP contribution is 2.34. The average molecular weight is 520 g/mol. The van der Waals surface area contributed by atoms with Crippen molar-refractivity contribution in [3.05, 3.63) is 87.6 Å². The second-order valence-electron chi connectivity index (χ2n) is 8.14. The molecule has 6 nitrogen and oxygen atoms in total. The van der Waals surface area contributed by atoms with Gasteiger partial charge in [-0.2, -0.15) is 13.2 Å². The summed E-state index contributed by atoms with van der Waals surface area (Å²) >= 11 is 1.58. The molecule has 0 radical (unpaired) electrons. The molecule has 0 aliphatic carbocycles. The van der Waals surface area contributed by atoms with Gasteiger partial charge < -0.3 is 19.9 Å². The second kappa shape index (κ2) is 12.5. The summed E-state index contributed by atoms with van der Waals surface area (Å²) in [7, 11) is 1.44. The van der Waals surface area contributed by atoms with Crippen LogP contribution in [0.3, 0.4) is 0 Å². The summed E-state index contributed by atoms with van der Waals surface area (Å²) in [5, 5.41) is 2.32. The maximum atomic E-state index is 13.4. The quantitative estimate of drug-likeness (QED) is 0.369. The van der Waals surface area contributed by atoms with Gasteiger partial charge in [-0.25, -0.2) is 4.79 Å². The number of halogens is 3. The van der Waals surface area contributed by atoms with Gasteiger partial charge in [-0.15, -0.1) is 11.3 Å². The highest BCUT2D eigenvalue weighted by Gasteiger charge is 2.34. The van der Waals surface area contributed by atoms with Crippen molar-refractivity contribution in [2.45, 2.75) is 26.2 Å². The zero-order valence-corrected chi connectivity index (χ0v) is 20.9. The monoisotopic (exact) mass is 519 g/mol. The van der Waals surface area contributed by atoms with Gasteiger partial charge >= 0.3 is 12.2 Å². The van der Waals surface area contributed by atoms with Gasteiger partial charge in [0.1, 0.15) is 6.54 Å². The molecule has 0 saturated carbocycles. The topological polar surface area (TPSA) is 61.9 Å². The van der Waals surface area contributed by atoms with Crippen LogP contribution in [-0.2, 0) is 28.8 Å². The third-order valence-corrected chi connectivity index (χ3v) is 6.35. The number of aryl methyl sites for hydroxylation is 1. The normalized spacial score (nSPS) is 11.2. The number of carbonyl (C=O) groups is 2. The van der Waals surface area contributed by atoms with Crippen LogP contribution in [0.4, 0.5) is 23.7 Å². The van der Waals surface area contributed by atoms with Crippen molar-refractivity contribution in [2.75, 3.05) is 32.1 Å². The first-order valence-electron chi connectivity index (χ1n) is 11.3. The van der Waals surface area contributed by atoms with Crippen molar-refractivity contribution < 1.29 is 27.5 Å². The number of anilines is 1. The molecule has 36 heavy (non-hydrogen) atoms. The number of nitrogens with one attached hydrogen (secondary N) is 1. The Bertz CT molecular complexity index is 1150. The Kier molecular flexibility index (Phi) is 9.49. The molecule has 1 N–H and O–H groups in total. The van der Waals surface area contributed by atoms with Crippen LogP contribution in [0.1, 0.15) is 20.9 Å². The summed E-state index contributed by atoms with van der Waals surface area (Å²) in [6.45, 7) is 2.48. The van der Waals surface area contributed by atoms with E-state index in [2.05, 4.69) is 5.32 Å². The zero-order valence-electron chi connectivity index (χ0n) is 20.0. The lowest BCUT2D eigenvalue weighted by atomic mass is 10.1. The van der Waals surface area contributed by atoms with Crippen LogP contribution in [0.5, 0.6) is 0 Å². The SMILES string of the molecule is COCCN(CC(=O)N(Cc1ccccc1)Cc1ccc(C)s1)C(=O)Nc1ccccc1C(F)(F)F. The number of alkyl halides is 3. The van der Waals surface area contributed by atoms with Crippen LogP contribution < -0.4 is 5.32 Å². The van der Waals surface area contributed by atoms with E-state index >= 15 is 0 Å². The molecule has 2 aromatic carbocycles. The van der Waals surface area contributed by atoms with Crippen molar-refractivity contribution in [2.24, 2.45) is 0 Å². The molecule has 1 aromatic heterocycles. The summed E-state index contributed by atoms with van der Waals surface area (Å²) in [5.74, 6) is -0.333. The lowest BCUT2D eigenvalue weighted by Gasteiger charge is -2.28. The van der Waals surface area contributed by atoms with Gasteiger partial charge in [0.25, 0.3) is 0 Å². The minimum absolute atomic E-state index is 0.0273. The Morgan fingerprint density at radius 2 is 1.64 bits per heavy atom. The number of rotatable bonds is 10. The van der Waals surface area contributed by atoms with Crippen molar-refractivity contribution in [1.82, 2.24) is 9.80 Å². The molecule has 0 atom stereocenters. The summed E-state index contributed by atoms with van der Waals surface area (Å²) in [4.78, 5) is 31.3. The molecule has 0 aliphatic heterocycles. The highest BCUT2D eigenvalue weighted by atomic mass is 32.1. The molecule has 192 valence electrons. The molecule has 0 saturated heterocycles. The van der Waals surface area contributed by atoms with E-state index in [0.29, 0.717) is 13.1 Å². The first kappa shape index (κ1) is 27.2. The molecule has 3 amide bonds. The second-order valence-corrected chi connectivity index (χ2v) is 9.51. The van der Waals surface area contributed by atoms with Crippen LogP contribution in [0, 0.1) is 6.92 Å². The number of methoxy groups -OCH3 is 1. The maximum Gasteiger partial charge on any atom is 0.418 e. The van der Waals surface area contributed by atoms with E-state index in [9.17, 15) is 22.8 Å². The van der Waals surface area contributed by atoms with Crippen molar-refractivity contribution in [3.63, 3.8) is 0 Å². The van der Waals surface area contributed by atoms with Gasteiger partial charge in [-0.3, -0.25) is 4.79 Å². The Balaban J connectivity index is 1.79. The molecule has 0 bridgehead atoms. The van der Waals surface area contributed by atoms with Gasteiger partial charge in [0.15, 0.2) is 0 Å². The largest absolute Gasteiger partial charge is 0.418 e. The third-order valence-electron chi connectivity index (χ3n) is 5.36. The molecular weight excluding hydrogens is 491 g/mol. The van der Waals surface area contributed by atoms with Gasteiger partial charge in [0.2, 0.25) is 5.91 Å². The number of urea groups is 1. The standard InChI is InChI=1S/C26H28F3N3O3S/c1-19-12-13-21(36-19)17-32(16-20-8-4-3-5-9-20)24(33)18-31(14-15-35-2)25(34)30-23-11-7-6-10-22(23)26(27,28)29/h3-13H,14-18H2,1-2H3,(H,30,34). The van der Waals surface area contributed by atoms with E-state index in [1.807, 2.05) is 49.4 Å². The average Bonchev–Trinajstić information content (AvgIpc) is 3.26. The fourth-order valence-electron chi connectivity index (χ4n) is 3.55. The number of carbonyl (C=O) groups excluding carboxylic acids is 2. The Morgan fingerprint density at radius 3 is 2.28 bits per heavy atom. The highest BCUT2D eigenvalue weighted by molar-refractivity contribution is 7.11.